The Morgan fingerprint density at radius 3 is 1.46 bits per heavy atom. The van der Waals surface area contributed by atoms with Gasteiger partial charge in [0.15, 0.2) is 10.0 Å². The van der Waals surface area contributed by atoms with Crippen LogP contribution in [0.1, 0.15) is 14.8 Å². The van der Waals surface area contributed by atoms with Crippen LogP contribution in [0, 0.1) is 0 Å². The van der Waals surface area contributed by atoms with Crippen LogP contribution >= 0.6 is 22.7 Å². The normalized spacial score (nSPS) is 10.6. The van der Waals surface area contributed by atoms with Crippen LogP contribution in [0.3, 0.4) is 0 Å². The summed E-state index contributed by atoms with van der Waals surface area (Å²) in [6.07, 6.45) is 0. The SMILES string of the molecule is COc1ccc(-c2csc(C(=O)c3nc(-c4ccc(OC)cc4)cs3)n2)cc1. The Bertz CT molecular complexity index is 1010. The van der Waals surface area contributed by atoms with E-state index >= 15 is 0 Å². The molecule has 2 aromatic carbocycles. The van der Waals surface area contributed by atoms with E-state index in [2.05, 4.69) is 9.97 Å². The van der Waals surface area contributed by atoms with Crippen molar-refractivity contribution in [1.82, 2.24) is 9.97 Å². The van der Waals surface area contributed by atoms with E-state index in [0.29, 0.717) is 10.0 Å². The second kappa shape index (κ2) is 7.92. The van der Waals surface area contributed by atoms with E-state index in [4.69, 9.17) is 9.47 Å². The van der Waals surface area contributed by atoms with E-state index < -0.39 is 0 Å². The van der Waals surface area contributed by atoms with E-state index in [0.717, 1.165) is 34.0 Å². The number of carbonyl (C=O) groups is 1. The first-order valence-electron chi connectivity index (χ1n) is 8.42. The maximum absolute atomic E-state index is 12.8. The first-order chi connectivity index (χ1) is 13.7. The Balaban J connectivity index is 1.55. The van der Waals surface area contributed by atoms with Crippen LogP contribution in [-0.4, -0.2) is 30.0 Å². The van der Waals surface area contributed by atoms with Crippen LogP contribution in [-0.2, 0) is 0 Å². The van der Waals surface area contributed by atoms with Gasteiger partial charge in [-0.2, -0.15) is 0 Å². The minimum Gasteiger partial charge on any atom is -0.497 e. The van der Waals surface area contributed by atoms with E-state index in [1.165, 1.54) is 22.7 Å². The summed E-state index contributed by atoms with van der Waals surface area (Å²) < 4.78 is 10.3. The fraction of sp³-hybridized carbons (Fsp3) is 0.0952. The summed E-state index contributed by atoms with van der Waals surface area (Å²) in [4.78, 5) is 21.8. The predicted octanol–water partition coefficient (Wildman–Crippen LogP) is 5.18. The third kappa shape index (κ3) is 3.67. The Morgan fingerprint density at radius 2 is 1.11 bits per heavy atom. The van der Waals surface area contributed by atoms with Gasteiger partial charge in [-0.05, 0) is 48.5 Å². The number of methoxy groups -OCH3 is 2. The summed E-state index contributed by atoms with van der Waals surface area (Å²) in [5.74, 6) is 1.41. The predicted molar refractivity (Wildman–Crippen MR) is 112 cm³/mol. The van der Waals surface area contributed by atoms with Gasteiger partial charge in [-0.3, -0.25) is 4.79 Å². The van der Waals surface area contributed by atoms with Crippen LogP contribution < -0.4 is 9.47 Å². The number of carbonyl (C=O) groups excluding carboxylic acids is 1. The maximum atomic E-state index is 12.8. The lowest BCUT2D eigenvalue weighted by molar-refractivity contribution is 0.103. The average Bonchev–Trinajstić information content (AvgIpc) is 3.44. The molecule has 0 saturated heterocycles. The monoisotopic (exact) mass is 408 g/mol. The molecule has 0 aliphatic rings. The van der Waals surface area contributed by atoms with E-state index in [1.807, 2.05) is 59.3 Å². The van der Waals surface area contributed by atoms with Crippen molar-refractivity contribution in [2.24, 2.45) is 0 Å². The molecule has 0 radical (unpaired) electrons. The molecule has 28 heavy (non-hydrogen) atoms. The lowest BCUT2D eigenvalue weighted by Gasteiger charge is -2.00. The Kier molecular flexibility index (Phi) is 5.18. The molecule has 0 saturated carbocycles. The number of rotatable bonds is 6. The molecule has 4 rings (SSSR count). The average molecular weight is 409 g/mol. The summed E-state index contributed by atoms with van der Waals surface area (Å²) in [5.41, 5.74) is 3.41. The summed E-state index contributed by atoms with van der Waals surface area (Å²) in [6, 6.07) is 15.2. The first kappa shape index (κ1) is 18.3. The molecule has 0 aliphatic heterocycles. The zero-order valence-corrected chi connectivity index (χ0v) is 16.8. The quantitative estimate of drug-likeness (QED) is 0.411. The van der Waals surface area contributed by atoms with Crippen molar-refractivity contribution in [3.05, 3.63) is 69.3 Å². The number of benzene rings is 2. The van der Waals surface area contributed by atoms with Crippen LogP contribution in [0.5, 0.6) is 11.5 Å². The number of ketones is 1. The van der Waals surface area contributed by atoms with Gasteiger partial charge in [-0.25, -0.2) is 9.97 Å². The summed E-state index contributed by atoms with van der Waals surface area (Å²) >= 11 is 2.65. The number of aromatic nitrogens is 2. The number of nitrogens with zero attached hydrogens (tertiary/aromatic N) is 2. The molecule has 4 aromatic rings. The van der Waals surface area contributed by atoms with Gasteiger partial charge < -0.3 is 9.47 Å². The minimum absolute atomic E-state index is 0.158. The smallest absolute Gasteiger partial charge is 0.250 e. The molecule has 2 aromatic heterocycles. The second-order valence-electron chi connectivity index (χ2n) is 5.86. The highest BCUT2D eigenvalue weighted by atomic mass is 32.1. The Labute approximate surface area is 170 Å². The van der Waals surface area contributed by atoms with Gasteiger partial charge in [0.05, 0.1) is 25.6 Å². The number of hydrogen-bond acceptors (Lipinski definition) is 7. The summed E-state index contributed by atoms with van der Waals surface area (Å²) in [7, 11) is 3.26. The molecule has 0 bridgehead atoms. The number of hydrogen-bond donors (Lipinski definition) is 0. The second-order valence-corrected chi connectivity index (χ2v) is 7.58. The van der Waals surface area contributed by atoms with Gasteiger partial charge >= 0.3 is 0 Å². The number of ether oxygens (including phenoxy) is 2. The third-order valence-corrected chi connectivity index (χ3v) is 5.85. The summed E-state index contributed by atoms with van der Waals surface area (Å²) in [6.45, 7) is 0. The fourth-order valence-corrected chi connectivity index (χ4v) is 4.23. The van der Waals surface area contributed by atoms with Gasteiger partial charge in [0.25, 0.3) is 0 Å². The standard InChI is InChI=1S/C21H16N2O3S2/c1-25-15-7-3-13(4-8-15)17-11-27-20(22-17)19(24)21-23-18(12-28-21)14-5-9-16(26-2)10-6-14/h3-12H,1-2H3. The number of thiazole rings is 2. The van der Waals surface area contributed by atoms with Crippen molar-refractivity contribution in [3.63, 3.8) is 0 Å². The van der Waals surface area contributed by atoms with Crippen molar-refractivity contribution < 1.29 is 14.3 Å². The highest BCUT2D eigenvalue weighted by Gasteiger charge is 2.18. The van der Waals surface area contributed by atoms with Gasteiger partial charge in [0.1, 0.15) is 11.5 Å². The van der Waals surface area contributed by atoms with Gasteiger partial charge in [0.2, 0.25) is 5.78 Å². The topological polar surface area (TPSA) is 61.3 Å². The molecule has 0 N–H and O–H groups in total. The molecular formula is C21H16N2O3S2. The molecule has 7 heteroatoms. The fourth-order valence-electron chi connectivity index (χ4n) is 2.64. The van der Waals surface area contributed by atoms with E-state index in [9.17, 15) is 4.79 Å². The van der Waals surface area contributed by atoms with E-state index in [1.54, 1.807) is 14.2 Å². The van der Waals surface area contributed by atoms with Crippen molar-refractivity contribution >= 4 is 28.5 Å². The van der Waals surface area contributed by atoms with Gasteiger partial charge in [-0.15, -0.1) is 22.7 Å². The Morgan fingerprint density at radius 1 is 0.714 bits per heavy atom. The molecule has 140 valence electrons. The van der Waals surface area contributed by atoms with Gasteiger partial charge in [-0.1, -0.05) is 0 Å². The minimum atomic E-state index is -0.158. The molecule has 0 fully saturated rings. The molecular weight excluding hydrogens is 392 g/mol. The van der Waals surface area contributed by atoms with E-state index in [-0.39, 0.29) is 5.78 Å². The molecule has 5 nitrogen and oxygen atoms in total. The van der Waals surface area contributed by atoms with Crippen LogP contribution in [0.4, 0.5) is 0 Å². The lowest BCUT2D eigenvalue weighted by atomic mass is 10.2. The Hall–Kier alpha value is -3.03. The zero-order chi connectivity index (χ0) is 19.5. The summed E-state index contributed by atoms with van der Waals surface area (Å²) in [5, 5.41) is 4.63. The molecule has 0 aliphatic carbocycles. The van der Waals surface area contributed by atoms with Crippen LogP contribution in [0.15, 0.2) is 59.3 Å². The highest BCUT2D eigenvalue weighted by molar-refractivity contribution is 7.15. The van der Waals surface area contributed by atoms with Crippen molar-refractivity contribution in [1.29, 1.82) is 0 Å². The molecule has 2 heterocycles. The van der Waals surface area contributed by atoms with Crippen LogP contribution in [0.25, 0.3) is 22.5 Å². The molecule has 0 spiro atoms. The van der Waals surface area contributed by atoms with Crippen molar-refractivity contribution in [2.45, 2.75) is 0 Å². The van der Waals surface area contributed by atoms with Crippen LogP contribution in [0.2, 0.25) is 0 Å². The van der Waals surface area contributed by atoms with Crippen molar-refractivity contribution in [2.75, 3.05) is 14.2 Å². The first-order valence-corrected chi connectivity index (χ1v) is 10.2. The highest BCUT2D eigenvalue weighted by Crippen LogP contribution is 2.28. The lowest BCUT2D eigenvalue weighted by Crippen LogP contribution is -2.00. The molecule has 0 unspecified atom stereocenters. The molecule has 0 amide bonds. The molecule has 0 atom stereocenters. The zero-order valence-electron chi connectivity index (χ0n) is 15.2. The van der Waals surface area contributed by atoms with Gasteiger partial charge in [0, 0.05) is 21.9 Å². The third-order valence-electron chi connectivity index (χ3n) is 4.17. The van der Waals surface area contributed by atoms with Crippen molar-refractivity contribution in [3.8, 4) is 34.0 Å². The largest absolute Gasteiger partial charge is 0.497 e. The maximum Gasteiger partial charge on any atom is 0.250 e.